The summed E-state index contributed by atoms with van der Waals surface area (Å²) in [5.41, 5.74) is -0.0417. The highest BCUT2D eigenvalue weighted by Gasteiger charge is 2.24. The Bertz CT molecular complexity index is 888. The van der Waals surface area contributed by atoms with Crippen molar-refractivity contribution in [2.75, 3.05) is 20.1 Å². The van der Waals surface area contributed by atoms with Crippen LogP contribution in [-0.2, 0) is 6.54 Å². The minimum absolute atomic E-state index is 0.0417. The fraction of sp³-hybridized carbons (Fsp3) is 0.389. The first-order valence-corrected chi connectivity index (χ1v) is 8.54. The van der Waals surface area contributed by atoms with Gasteiger partial charge in [0.15, 0.2) is 5.76 Å². The zero-order valence-electron chi connectivity index (χ0n) is 14.2. The summed E-state index contributed by atoms with van der Waals surface area (Å²) in [7, 11) is 2.14. The lowest BCUT2D eigenvalue weighted by Gasteiger charge is -2.29. The number of rotatable bonds is 4. The third kappa shape index (κ3) is 3.28. The molecular weight excluding hydrogens is 318 g/mol. The van der Waals surface area contributed by atoms with E-state index in [1.54, 1.807) is 29.2 Å². The second-order valence-electron chi connectivity index (χ2n) is 6.47. The lowest BCUT2D eigenvalue weighted by Crippen LogP contribution is -2.33. The minimum Gasteiger partial charge on any atom is -0.461 e. The lowest BCUT2D eigenvalue weighted by atomic mass is 10.1. The summed E-state index contributed by atoms with van der Waals surface area (Å²) in [4.78, 5) is 19.1. The van der Waals surface area contributed by atoms with Crippen molar-refractivity contribution in [1.82, 2.24) is 24.2 Å². The number of pyridine rings is 1. The van der Waals surface area contributed by atoms with Crippen LogP contribution in [0.2, 0.25) is 0 Å². The Labute approximate surface area is 145 Å². The van der Waals surface area contributed by atoms with Crippen LogP contribution in [0.5, 0.6) is 0 Å². The normalized spacial score (nSPS) is 16.4. The summed E-state index contributed by atoms with van der Waals surface area (Å²) < 4.78 is 9.10. The van der Waals surface area contributed by atoms with Crippen LogP contribution in [0.4, 0.5) is 0 Å². The molecule has 0 bridgehead atoms. The molecule has 0 atom stereocenters. The van der Waals surface area contributed by atoms with E-state index in [4.69, 9.17) is 9.52 Å². The second kappa shape index (κ2) is 6.68. The first-order valence-electron chi connectivity index (χ1n) is 8.54. The summed E-state index contributed by atoms with van der Waals surface area (Å²) in [6.07, 6.45) is 5.44. The van der Waals surface area contributed by atoms with Gasteiger partial charge in [-0.1, -0.05) is 6.07 Å². The fourth-order valence-corrected chi connectivity index (χ4v) is 3.25. The molecule has 7 heteroatoms. The number of hydrogen-bond acceptors (Lipinski definition) is 5. The predicted octanol–water partition coefficient (Wildman–Crippen LogP) is 2.01. The van der Waals surface area contributed by atoms with Gasteiger partial charge in [-0.25, -0.2) is 9.67 Å². The highest BCUT2D eigenvalue weighted by Crippen LogP contribution is 2.25. The molecule has 7 nitrogen and oxygen atoms in total. The standard InChI is InChI=1S/C18H21N5O2/c1-21-10-7-14(8-11-21)23-16(13-22-9-3-2-6-17(22)24)19-18(20-23)15-5-4-12-25-15/h2-6,9,12,14H,7-8,10-11,13H2,1H3. The highest BCUT2D eigenvalue weighted by atomic mass is 16.3. The predicted molar refractivity (Wildman–Crippen MR) is 93.3 cm³/mol. The van der Waals surface area contributed by atoms with E-state index in [2.05, 4.69) is 16.9 Å². The Kier molecular flexibility index (Phi) is 4.23. The van der Waals surface area contributed by atoms with Crippen molar-refractivity contribution in [3.05, 3.63) is 59.0 Å². The SMILES string of the molecule is CN1CCC(n2nc(-c3ccco3)nc2Cn2ccccc2=O)CC1. The Balaban J connectivity index is 1.70. The van der Waals surface area contributed by atoms with Gasteiger partial charge in [0.1, 0.15) is 5.82 Å². The Morgan fingerprint density at radius 3 is 2.76 bits per heavy atom. The minimum atomic E-state index is -0.0417. The van der Waals surface area contributed by atoms with Crippen molar-refractivity contribution >= 4 is 0 Å². The van der Waals surface area contributed by atoms with Crippen LogP contribution in [0, 0.1) is 0 Å². The number of furan rings is 1. The third-order valence-corrected chi connectivity index (χ3v) is 4.69. The number of nitrogens with zero attached hydrogens (tertiary/aromatic N) is 5. The van der Waals surface area contributed by atoms with Gasteiger partial charge in [-0.05, 0) is 51.2 Å². The maximum Gasteiger partial charge on any atom is 0.250 e. The zero-order chi connectivity index (χ0) is 17.2. The van der Waals surface area contributed by atoms with E-state index in [0.717, 1.165) is 31.8 Å². The van der Waals surface area contributed by atoms with Gasteiger partial charge >= 0.3 is 0 Å². The first kappa shape index (κ1) is 15.8. The molecule has 0 radical (unpaired) electrons. The van der Waals surface area contributed by atoms with E-state index < -0.39 is 0 Å². The largest absolute Gasteiger partial charge is 0.461 e. The number of aromatic nitrogens is 4. The number of piperidine rings is 1. The van der Waals surface area contributed by atoms with Crippen LogP contribution >= 0.6 is 0 Å². The molecule has 25 heavy (non-hydrogen) atoms. The third-order valence-electron chi connectivity index (χ3n) is 4.69. The molecule has 0 aromatic carbocycles. The molecule has 4 heterocycles. The average Bonchev–Trinajstić information content (AvgIpc) is 3.27. The summed E-state index contributed by atoms with van der Waals surface area (Å²) >= 11 is 0. The molecule has 3 aromatic rings. The van der Waals surface area contributed by atoms with Crippen molar-refractivity contribution in [3.8, 4) is 11.6 Å². The monoisotopic (exact) mass is 339 g/mol. The summed E-state index contributed by atoms with van der Waals surface area (Å²) in [6.45, 7) is 2.47. The molecule has 1 saturated heterocycles. The number of likely N-dealkylation sites (tertiary alicyclic amines) is 1. The van der Waals surface area contributed by atoms with Crippen molar-refractivity contribution < 1.29 is 4.42 Å². The van der Waals surface area contributed by atoms with E-state index in [1.165, 1.54) is 0 Å². The first-order chi connectivity index (χ1) is 12.2. The van der Waals surface area contributed by atoms with Crippen LogP contribution in [-0.4, -0.2) is 44.4 Å². The Hall–Kier alpha value is -2.67. The van der Waals surface area contributed by atoms with Crippen LogP contribution in [0.25, 0.3) is 11.6 Å². The molecule has 0 saturated carbocycles. The molecule has 3 aromatic heterocycles. The van der Waals surface area contributed by atoms with E-state index in [-0.39, 0.29) is 5.56 Å². The molecule has 0 amide bonds. The van der Waals surface area contributed by atoms with Crippen molar-refractivity contribution in [3.63, 3.8) is 0 Å². The van der Waals surface area contributed by atoms with E-state index >= 15 is 0 Å². The summed E-state index contributed by atoms with van der Waals surface area (Å²) in [5.74, 6) is 2.01. The quantitative estimate of drug-likeness (QED) is 0.727. The van der Waals surface area contributed by atoms with Gasteiger partial charge in [0.25, 0.3) is 5.56 Å². The Morgan fingerprint density at radius 1 is 1.20 bits per heavy atom. The summed E-state index contributed by atoms with van der Waals surface area (Å²) in [6, 6.07) is 9.13. The topological polar surface area (TPSA) is 69.1 Å². The molecule has 130 valence electrons. The Morgan fingerprint density at radius 2 is 2.04 bits per heavy atom. The van der Waals surface area contributed by atoms with Gasteiger partial charge in [0, 0.05) is 12.3 Å². The van der Waals surface area contributed by atoms with Crippen LogP contribution < -0.4 is 5.56 Å². The van der Waals surface area contributed by atoms with Crippen LogP contribution in [0.3, 0.4) is 0 Å². The van der Waals surface area contributed by atoms with Gasteiger partial charge in [-0.3, -0.25) is 4.79 Å². The highest BCUT2D eigenvalue weighted by molar-refractivity contribution is 5.45. The van der Waals surface area contributed by atoms with Crippen molar-refractivity contribution in [2.45, 2.75) is 25.4 Å². The van der Waals surface area contributed by atoms with Gasteiger partial charge in [0.05, 0.1) is 18.8 Å². The molecule has 0 spiro atoms. The van der Waals surface area contributed by atoms with E-state index in [1.807, 2.05) is 22.9 Å². The zero-order valence-corrected chi connectivity index (χ0v) is 14.2. The van der Waals surface area contributed by atoms with Gasteiger partial charge in [-0.15, -0.1) is 5.10 Å². The van der Waals surface area contributed by atoms with E-state index in [0.29, 0.717) is 24.2 Å². The smallest absolute Gasteiger partial charge is 0.250 e. The van der Waals surface area contributed by atoms with Crippen LogP contribution in [0.1, 0.15) is 24.7 Å². The van der Waals surface area contributed by atoms with Gasteiger partial charge in [-0.2, -0.15) is 0 Å². The molecule has 4 rings (SSSR count). The van der Waals surface area contributed by atoms with Gasteiger partial charge in [0.2, 0.25) is 5.82 Å². The molecule has 1 aliphatic rings. The maximum absolute atomic E-state index is 12.1. The maximum atomic E-state index is 12.1. The van der Waals surface area contributed by atoms with Crippen molar-refractivity contribution in [2.24, 2.45) is 0 Å². The molecule has 0 unspecified atom stereocenters. The molecule has 1 fully saturated rings. The number of hydrogen-bond donors (Lipinski definition) is 0. The molecule has 0 N–H and O–H groups in total. The molecule has 1 aliphatic heterocycles. The summed E-state index contributed by atoms with van der Waals surface area (Å²) in [5, 5.41) is 4.71. The van der Waals surface area contributed by atoms with Crippen LogP contribution in [0.15, 0.2) is 52.0 Å². The van der Waals surface area contributed by atoms with E-state index in [9.17, 15) is 4.79 Å². The average molecular weight is 339 g/mol. The fourth-order valence-electron chi connectivity index (χ4n) is 3.25. The molecule has 0 aliphatic carbocycles. The second-order valence-corrected chi connectivity index (χ2v) is 6.47. The van der Waals surface area contributed by atoms with Gasteiger partial charge < -0.3 is 13.9 Å². The molecular formula is C18H21N5O2. The lowest BCUT2D eigenvalue weighted by molar-refractivity contribution is 0.209. The van der Waals surface area contributed by atoms with Crippen molar-refractivity contribution in [1.29, 1.82) is 0 Å².